The average molecular weight is 304 g/mol. The lowest BCUT2D eigenvalue weighted by Crippen LogP contribution is -2.42. The SMILES string of the molecule is O=C(CSc1ccc(F)cc1)NNC(=O)c1ccccc1. The lowest BCUT2D eigenvalue weighted by Gasteiger charge is -2.07. The number of rotatable bonds is 4. The van der Waals surface area contributed by atoms with E-state index in [2.05, 4.69) is 10.9 Å². The highest BCUT2D eigenvalue weighted by molar-refractivity contribution is 8.00. The first-order valence-corrected chi connectivity index (χ1v) is 7.16. The lowest BCUT2D eigenvalue weighted by molar-refractivity contribution is -0.119. The second-order valence-electron chi connectivity index (χ2n) is 4.11. The van der Waals surface area contributed by atoms with Gasteiger partial charge in [-0.1, -0.05) is 18.2 Å². The molecule has 0 aliphatic heterocycles. The van der Waals surface area contributed by atoms with Gasteiger partial charge in [0.05, 0.1) is 5.75 Å². The van der Waals surface area contributed by atoms with Gasteiger partial charge in [-0.05, 0) is 36.4 Å². The summed E-state index contributed by atoms with van der Waals surface area (Å²) in [5, 5.41) is 0. The molecule has 108 valence electrons. The van der Waals surface area contributed by atoms with Gasteiger partial charge in [-0.15, -0.1) is 11.8 Å². The van der Waals surface area contributed by atoms with E-state index < -0.39 is 0 Å². The highest BCUT2D eigenvalue weighted by Crippen LogP contribution is 2.17. The maximum absolute atomic E-state index is 12.7. The summed E-state index contributed by atoms with van der Waals surface area (Å²) in [6.07, 6.45) is 0. The molecule has 0 bridgehead atoms. The fraction of sp³-hybridized carbons (Fsp3) is 0.0667. The minimum Gasteiger partial charge on any atom is -0.272 e. The van der Waals surface area contributed by atoms with E-state index in [9.17, 15) is 14.0 Å². The van der Waals surface area contributed by atoms with Crippen molar-refractivity contribution in [3.8, 4) is 0 Å². The van der Waals surface area contributed by atoms with E-state index in [1.54, 1.807) is 42.5 Å². The summed E-state index contributed by atoms with van der Waals surface area (Å²) >= 11 is 1.25. The molecule has 0 fully saturated rings. The Morgan fingerprint density at radius 2 is 1.62 bits per heavy atom. The third kappa shape index (κ3) is 4.92. The molecule has 0 aliphatic carbocycles. The van der Waals surface area contributed by atoms with Crippen LogP contribution in [0.1, 0.15) is 10.4 Å². The second-order valence-corrected chi connectivity index (χ2v) is 5.16. The Morgan fingerprint density at radius 3 is 2.29 bits per heavy atom. The van der Waals surface area contributed by atoms with Crippen LogP contribution in [0.25, 0.3) is 0 Å². The summed E-state index contributed by atoms with van der Waals surface area (Å²) < 4.78 is 12.7. The number of halogens is 1. The van der Waals surface area contributed by atoms with Gasteiger partial charge in [0.25, 0.3) is 5.91 Å². The number of hydrogen-bond acceptors (Lipinski definition) is 3. The minimum atomic E-state index is -0.379. The molecule has 4 nitrogen and oxygen atoms in total. The van der Waals surface area contributed by atoms with E-state index in [1.807, 2.05) is 0 Å². The van der Waals surface area contributed by atoms with Gasteiger partial charge in [0.1, 0.15) is 5.82 Å². The van der Waals surface area contributed by atoms with Crippen molar-refractivity contribution in [2.75, 3.05) is 5.75 Å². The summed E-state index contributed by atoms with van der Waals surface area (Å²) in [4.78, 5) is 24.1. The van der Waals surface area contributed by atoms with Crippen LogP contribution < -0.4 is 10.9 Å². The monoisotopic (exact) mass is 304 g/mol. The fourth-order valence-corrected chi connectivity index (χ4v) is 2.20. The molecule has 0 unspecified atom stereocenters. The first-order chi connectivity index (χ1) is 10.1. The molecular weight excluding hydrogens is 291 g/mol. The van der Waals surface area contributed by atoms with E-state index in [0.29, 0.717) is 5.56 Å². The number of hydrazine groups is 1. The predicted octanol–water partition coefficient (Wildman–Crippen LogP) is 2.38. The van der Waals surface area contributed by atoms with Crippen LogP contribution in [0.3, 0.4) is 0 Å². The van der Waals surface area contributed by atoms with Gasteiger partial charge in [0.2, 0.25) is 5.91 Å². The molecule has 0 spiro atoms. The molecule has 0 aromatic heterocycles. The maximum atomic E-state index is 12.7. The number of hydrogen-bond donors (Lipinski definition) is 2. The molecule has 2 amide bonds. The molecule has 2 aromatic rings. The normalized spacial score (nSPS) is 9.95. The van der Waals surface area contributed by atoms with Gasteiger partial charge < -0.3 is 0 Å². The third-order valence-corrected chi connectivity index (χ3v) is 3.55. The van der Waals surface area contributed by atoms with Crippen LogP contribution in [-0.2, 0) is 4.79 Å². The van der Waals surface area contributed by atoms with E-state index in [-0.39, 0.29) is 23.4 Å². The van der Waals surface area contributed by atoms with Crippen molar-refractivity contribution in [2.45, 2.75) is 4.90 Å². The molecule has 21 heavy (non-hydrogen) atoms. The molecular formula is C15H13FN2O2S. The van der Waals surface area contributed by atoms with Crippen LogP contribution in [0.15, 0.2) is 59.5 Å². The van der Waals surface area contributed by atoms with Gasteiger partial charge in [-0.2, -0.15) is 0 Å². The van der Waals surface area contributed by atoms with Crippen LogP contribution in [0, 0.1) is 5.82 Å². The van der Waals surface area contributed by atoms with Gasteiger partial charge in [-0.3, -0.25) is 20.4 Å². The summed E-state index contributed by atoms with van der Waals surface area (Å²) in [7, 11) is 0. The summed E-state index contributed by atoms with van der Waals surface area (Å²) in [6.45, 7) is 0. The zero-order valence-corrected chi connectivity index (χ0v) is 11.8. The Hall–Kier alpha value is -2.34. The zero-order valence-electron chi connectivity index (χ0n) is 11.0. The van der Waals surface area contributed by atoms with Crippen molar-refractivity contribution in [2.24, 2.45) is 0 Å². The van der Waals surface area contributed by atoms with Crippen LogP contribution in [0.2, 0.25) is 0 Å². The number of nitrogens with one attached hydrogen (secondary N) is 2. The van der Waals surface area contributed by atoms with Crippen molar-refractivity contribution < 1.29 is 14.0 Å². The van der Waals surface area contributed by atoms with Gasteiger partial charge in [0, 0.05) is 10.5 Å². The van der Waals surface area contributed by atoms with E-state index in [4.69, 9.17) is 0 Å². The van der Waals surface area contributed by atoms with Crippen molar-refractivity contribution in [1.29, 1.82) is 0 Å². The van der Waals surface area contributed by atoms with Crippen molar-refractivity contribution >= 4 is 23.6 Å². The molecule has 0 heterocycles. The minimum absolute atomic E-state index is 0.126. The molecule has 6 heteroatoms. The highest BCUT2D eigenvalue weighted by Gasteiger charge is 2.07. The predicted molar refractivity (Wildman–Crippen MR) is 79.2 cm³/mol. The number of benzene rings is 2. The maximum Gasteiger partial charge on any atom is 0.269 e. The Morgan fingerprint density at radius 1 is 0.952 bits per heavy atom. The summed E-state index contributed by atoms with van der Waals surface area (Å²) in [6, 6.07) is 14.4. The first kappa shape index (κ1) is 15.1. The fourth-order valence-electron chi connectivity index (χ4n) is 1.50. The Balaban J connectivity index is 1.75. The first-order valence-electron chi connectivity index (χ1n) is 6.18. The molecule has 2 aromatic carbocycles. The van der Waals surface area contributed by atoms with E-state index in [0.717, 1.165) is 4.90 Å². The molecule has 2 rings (SSSR count). The standard InChI is InChI=1S/C15H13FN2O2S/c16-12-6-8-13(9-7-12)21-10-14(19)17-18-15(20)11-4-2-1-3-5-11/h1-9H,10H2,(H,17,19)(H,18,20). The number of thioether (sulfide) groups is 1. The Kier molecular flexibility index (Phi) is 5.34. The number of carbonyl (C=O) groups is 2. The molecule has 2 N–H and O–H groups in total. The Labute approximate surface area is 125 Å². The highest BCUT2D eigenvalue weighted by atomic mass is 32.2. The summed E-state index contributed by atoms with van der Waals surface area (Å²) in [5.41, 5.74) is 5.12. The van der Waals surface area contributed by atoms with E-state index >= 15 is 0 Å². The quantitative estimate of drug-likeness (QED) is 0.673. The largest absolute Gasteiger partial charge is 0.272 e. The smallest absolute Gasteiger partial charge is 0.269 e. The van der Waals surface area contributed by atoms with Crippen LogP contribution in [-0.4, -0.2) is 17.6 Å². The topological polar surface area (TPSA) is 58.2 Å². The van der Waals surface area contributed by atoms with Crippen molar-refractivity contribution in [3.05, 3.63) is 66.0 Å². The average Bonchev–Trinajstić information content (AvgIpc) is 2.53. The molecule has 0 saturated carbocycles. The van der Waals surface area contributed by atoms with Crippen LogP contribution in [0.4, 0.5) is 4.39 Å². The molecule has 0 saturated heterocycles. The molecule has 0 aliphatic rings. The summed E-state index contributed by atoms with van der Waals surface area (Å²) in [5.74, 6) is -0.913. The van der Waals surface area contributed by atoms with Crippen molar-refractivity contribution in [3.63, 3.8) is 0 Å². The molecule has 0 radical (unpaired) electrons. The Bertz CT molecular complexity index is 617. The van der Waals surface area contributed by atoms with Crippen molar-refractivity contribution in [1.82, 2.24) is 10.9 Å². The number of amides is 2. The van der Waals surface area contributed by atoms with Crippen LogP contribution in [0.5, 0.6) is 0 Å². The molecule has 0 atom stereocenters. The van der Waals surface area contributed by atoms with Gasteiger partial charge in [-0.25, -0.2) is 4.39 Å². The number of carbonyl (C=O) groups excluding carboxylic acids is 2. The van der Waals surface area contributed by atoms with E-state index in [1.165, 1.54) is 23.9 Å². The third-order valence-electron chi connectivity index (χ3n) is 2.53. The van der Waals surface area contributed by atoms with Gasteiger partial charge in [0.15, 0.2) is 0 Å². The van der Waals surface area contributed by atoms with Gasteiger partial charge >= 0.3 is 0 Å². The van der Waals surface area contributed by atoms with Crippen LogP contribution >= 0.6 is 11.8 Å². The zero-order chi connectivity index (χ0) is 15.1. The second kappa shape index (κ2) is 7.44. The lowest BCUT2D eigenvalue weighted by atomic mass is 10.2.